The molecule has 2 nitrogen and oxygen atoms in total. The molecule has 0 bridgehead atoms. The Labute approximate surface area is 121 Å². The minimum atomic E-state index is -1.45. The van der Waals surface area contributed by atoms with Crippen molar-refractivity contribution in [2.75, 3.05) is 6.61 Å². The Morgan fingerprint density at radius 2 is 1.63 bits per heavy atom. The van der Waals surface area contributed by atoms with Gasteiger partial charge < -0.3 is 9.16 Å². The Morgan fingerprint density at radius 3 is 2.16 bits per heavy atom. The topological polar surface area (TPSA) is 18.5 Å². The summed E-state index contributed by atoms with van der Waals surface area (Å²) in [5.74, 6) is 0.801. The van der Waals surface area contributed by atoms with Gasteiger partial charge in [-0.3, -0.25) is 0 Å². The van der Waals surface area contributed by atoms with Gasteiger partial charge in [0.15, 0.2) is 8.32 Å². The molecule has 0 N–H and O–H groups in total. The molecule has 0 aliphatic heterocycles. The quantitative estimate of drug-likeness (QED) is 0.268. The summed E-state index contributed by atoms with van der Waals surface area (Å²) in [5, 5.41) is 0. The molecule has 0 fully saturated rings. The second-order valence-corrected chi connectivity index (χ2v) is 10.9. The zero-order valence-electron chi connectivity index (χ0n) is 13.8. The monoisotopic (exact) mass is 286 g/mol. The average molecular weight is 287 g/mol. The highest BCUT2D eigenvalue weighted by atomic mass is 28.4. The van der Waals surface area contributed by atoms with E-state index >= 15 is 0 Å². The third-order valence-electron chi connectivity index (χ3n) is 2.95. The lowest BCUT2D eigenvalue weighted by Crippen LogP contribution is -2.31. The van der Waals surface area contributed by atoms with Gasteiger partial charge in [0.25, 0.3) is 0 Å². The Kier molecular flexibility index (Phi) is 10.3. The summed E-state index contributed by atoms with van der Waals surface area (Å²) < 4.78 is 11.7. The van der Waals surface area contributed by atoms with E-state index in [1.54, 1.807) is 0 Å². The first-order valence-electron chi connectivity index (χ1n) is 7.81. The van der Waals surface area contributed by atoms with E-state index in [0.717, 1.165) is 18.8 Å². The van der Waals surface area contributed by atoms with Gasteiger partial charge in [-0.1, -0.05) is 45.6 Å². The maximum Gasteiger partial charge on any atom is 0.183 e. The Balaban J connectivity index is 3.83. The van der Waals surface area contributed by atoms with Gasteiger partial charge in [0.1, 0.15) is 6.10 Å². The zero-order chi connectivity index (χ0) is 14.7. The first-order chi connectivity index (χ1) is 8.85. The fourth-order valence-corrected chi connectivity index (χ4v) is 2.64. The van der Waals surface area contributed by atoms with Crippen molar-refractivity contribution in [1.29, 1.82) is 0 Å². The van der Waals surface area contributed by atoms with Crippen LogP contribution in [-0.2, 0) is 9.16 Å². The van der Waals surface area contributed by atoms with Gasteiger partial charge in [0, 0.05) is 0 Å². The van der Waals surface area contributed by atoms with Crippen LogP contribution >= 0.6 is 0 Å². The summed E-state index contributed by atoms with van der Waals surface area (Å²) in [5.41, 5.74) is 0. The lowest BCUT2D eigenvalue weighted by molar-refractivity contribution is 0.0592. The highest BCUT2D eigenvalue weighted by molar-refractivity contribution is 6.69. The molecule has 0 aliphatic rings. The molecule has 0 aliphatic carbocycles. The SMILES string of the molecule is C=C(C)OC(CCCCCCCC)CO[Si](C)(C)C. The minimum absolute atomic E-state index is 0.190. The summed E-state index contributed by atoms with van der Waals surface area (Å²) in [7, 11) is -1.45. The molecule has 0 aromatic rings. The molecule has 0 rings (SSSR count). The molecule has 1 atom stereocenters. The highest BCUT2D eigenvalue weighted by Crippen LogP contribution is 2.14. The molecule has 0 aromatic carbocycles. The van der Waals surface area contributed by atoms with Crippen molar-refractivity contribution in [3.63, 3.8) is 0 Å². The molecular formula is C16H34O2Si. The van der Waals surface area contributed by atoms with Gasteiger partial charge in [0.2, 0.25) is 0 Å². The number of unbranched alkanes of at least 4 members (excludes halogenated alkanes) is 5. The van der Waals surface area contributed by atoms with Crippen LogP contribution < -0.4 is 0 Å². The zero-order valence-corrected chi connectivity index (χ0v) is 14.8. The summed E-state index contributed by atoms with van der Waals surface area (Å²) >= 11 is 0. The van der Waals surface area contributed by atoms with E-state index in [2.05, 4.69) is 33.1 Å². The molecular weight excluding hydrogens is 252 g/mol. The van der Waals surface area contributed by atoms with Crippen molar-refractivity contribution < 1.29 is 9.16 Å². The summed E-state index contributed by atoms with van der Waals surface area (Å²) in [6.07, 6.45) is 9.21. The third kappa shape index (κ3) is 13.9. The van der Waals surface area contributed by atoms with Crippen LogP contribution in [0.4, 0.5) is 0 Å². The first-order valence-corrected chi connectivity index (χ1v) is 11.2. The molecule has 0 saturated heterocycles. The number of hydrogen-bond donors (Lipinski definition) is 0. The van der Waals surface area contributed by atoms with E-state index in [1.165, 1.54) is 38.5 Å². The van der Waals surface area contributed by atoms with Crippen LogP contribution in [0.1, 0.15) is 58.8 Å². The lowest BCUT2D eigenvalue weighted by atomic mass is 10.1. The van der Waals surface area contributed by atoms with Crippen molar-refractivity contribution in [1.82, 2.24) is 0 Å². The summed E-state index contributed by atoms with van der Waals surface area (Å²) in [6.45, 7) is 15.4. The van der Waals surface area contributed by atoms with Crippen LogP contribution in [0.5, 0.6) is 0 Å². The van der Waals surface area contributed by atoms with Crippen LogP contribution in [0.3, 0.4) is 0 Å². The number of allylic oxidation sites excluding steroid dienone is 1. The normalized spacial score (nSPS) is 13.3. The van der Waals surface area contributed by atoms with Crippen molar-refractivity contribution in [3.8, 4) is 0 Å². The van der Waals surface area contributed by atoms with Crippen LogP contribution in [-0.4, -0.2) is 21.0 Å². The van der Waals surface area contributed by atoms with Gasteiger partial charge in [-0.2, -0.15) is 0 Å². The first kappa shape index (κ1) is 18.7. The fourth-order valence-electron chi connectivity index (χ4n) is 1.96. The molecule has 1 unspecified atom stereocenters. The van der Waals surface area contributed by atoms with Gasteiger partial charge in [-0.25, -0.2) is 0 Å². The highest BCUT2D eigenvalue weighted by Gasteiger charge is 2.18. The fraction of sp³-hybridized carbons (Fsp3) is 0.875. The predicted octanol–water partition coefficient (Wildman–Crippen LogP) is 5.51. The van der Waals surface area contributed by atoms with E-state index in [0.29, 0.717) is 0 Å². The van der Waals surface area contributed by atoms with Crippen LogP contribution in [0, 0.1) is 0 Å². The molecule has 0 amide bonds. The third-order valence-corrected chi connectivity index (χ3v) is 3.98. The van der Waals surface area contributed by atoms with Crippen LogP contribution in [0.15, 0.2) is 12.3 Å². The largest absolute Gasteiger partial charge is 0.493 e. The lowest BCUT2D eigenvalue weighted by Gasteiger charge is -2.24. The van der Waals surface area contributed by atoms with Gasteiger partial charge in [0.05, 0.1) is 12.4 Å². The summed E-state index contributed by atoms with van der Waals surface area (Å²) in [4.78, 5) is 0. The van der Waals surface area contributed by atoms with Gasteiger partial charge in [-0.15, -0.1) is 0 Å². The van der Waals surface area contributed by atoms with Crippen LogP contribution in [0.25, 0.3) is 0 Å². The van der Waals surface area contributed by atoms with Gasteiger partial charge in [-0.05, 0) is 39.4 Å². The number of ether oxygens (including phenoxy) is 1. The smallest absolute Gasteiger partial charge is 0.183 e. The van der Waals surface area contributed by atoms with Crippen molar-refractivity contribution in [2.24, 2.45) is 0 Å². The number of hydrogen-bond acceptors (Lipinski definition) is 2. The second kappa shape index (κ2) is 10.5. The molecule has 3 heteroatoms. The van der Waals surface area contributed by atoms with Crippen molar-refractivity contribution in [2.45, 2.75) is 84.5 Å². The Hall–Kier alpha value is -0.283. The molecule has 0 radical (unpaired) electrons. The summed E-state index contributed by atoms with van der Waals surface area (Å²) in [6, 6.07) is 0. The van der Waals surface area contributed by atoms with E-state index in [-0.39, 0.29) is 6.10 Å². The Bertz CT molecular complexity index is 233. The number of rotatable bonds is 12. The molecule has 19 heavy (non-hydrogen) atoms. The molecule has 114 valence electrons. The predicted molar refractivity (Wildman–Crippen MR) is 87.0 cm³/mol. The average Bonchev–Trinajstić information content (AvgIpc) is 2.28. The molecule has 0 spiro atoms. The van der Waals surface area contributed by atoms with E-state index in [1.807, 2.05) is 6.92 Å². The Morgan fingerprint density at radius 1 is 1.05 bits per heavy atom. The molecule has 0 saturated carbocycles. The minimum Gasteiger partial charge on any atom is -0.493 e. The van der Waals surface area contributed by atoms with Crippen molar-refractivity contribution >= 4 is 8.32 Å². The van der Waals surface area contributed by atoms with E-state index in [9.17, 15) is 0 Å². The van der Waals surface area contributed by atoms with E-state index < -0.39 is 8.32 Å². The van der Waals surface area contributed by atoms with Gasteiger partial charge >= 0.3 is 0 Å². The second-order valence-electron chi connectivity index (χ2n) is 6.42. The van der Waals surface area contributed by atoms with Crippen molar-refractivity contribution in [3.05, 3.63) is 12.3 Å². The maximum atomic E-state index is 5.96. The standard InChI is InChI=1S/C16H34O2Si/c1-7-8-9-10-11-12-13-16(18-15(2)3)14-17-19(4,5)6/h16H,2,7-14H2,1,3-6H3. The molecule has 0 aromatic heterocycles. The van der Waals surface area contributed by atoms with Crippen LogP contribution in [0.2, 0.25) is 19.6 Å². The maximum absolute atomic E-state index is 5.96. The van der Waals surface area contributed by atoms with E-state index in [4.69, 9.17) is 9.16 Å². The molecule has 0 heterocycles.